The zero-order valence-electron chi connectivity index (χ0n) is 12.3. The van der Waals surface area contributed by atoms with E-state index in [1.807, 2.05) is 4.90 Å². The fourth-order valence-electron chi connectivity index (χ4n) is 2.06. The lowest BCUT2D eigenvalue weighted by Crippen LogP contribution is -2.57. The van der Waals surface area contributed by atoms with Gasteiger partial charge in [-0.1, -0.05) is 20.8 Å². The number of guanidine groups is 1. The maximum Gasteiger partial charge on any atom is 0.255 e. The molecular weight excluding hydrogens is 258 g/mol. The highest BCUT2D eigenvalue weighted by molar-refractivity contribution is 6.08. The van der Waals surface area contributed by atoms with Crippen LogP contribution in [0.3, 0.4) is 0 Å². The number of carbonyl (C=O) groups is 2. The lowest BCUT2D eigenvalue weighted by molar-refractivity contribution is -0.123. The number of fused-ring (bicyclic) bond motifs is 1. The maximum absolute atomic E-state index is 12.0. The molecule has 110 valence electrons. The number of hydrogen-bond acceptors (Lipinski definition) is 5. The molecule has 7 heteroatoms. The summed E-state index contributed by atoms with van der Waals surface area (Å²) in [5.74, 6) is -0.353. The Morgan fingerprint density at radius 2 is 2.20 bits per heavy atom. The third kappa shape index (κ3) is 2.66. The normalized spacial score (nSPS) is 26.1. The Morgan fingerprint density at radius 3 is 2.80 bits per heavy atom. The van der Waals surface area contributed by atoms with Crippen molar-refractivity contribution in [3.05, 3.63) is 0 Å². The summed E-state index contributed by atoms with van der Waals surface area (Å²) in [7, 11) is 0. The van der Waals surface area contributed by atoms with Crippen LogP contribution in [0.5, 0.6) is 0 Å². The molecule has 2 aliphatic heterocycles. The fraction of sp³-hybridized carbons (Fsp3) is 0.692. The summed E-state index contributed by atoms with van der Waals surface area (Å²) >= 11 is 0. The molecular formula is C13H21N5O2. The lowest BCUT2D eigenvalue weighted by Gasteiger charge is -2.32. The first-order valence-electron chi connectivity index (χ1n) is 6.94. The van der Waals surface area contributed by atoms with Crippen molar-refractivity contribution >= 4 is 24.1 Å². The zero-order chi connectivity index (χ0) is 14.9. The minimum absolute atomic E-state index is 0.169. The second-order valence-corrected chi connectivity index (χ2v) is 5.44. The molecule has 0 aromatic rings. The Kier molecular flexibility index (Phi) is 4.06. The van der Waals surface area contributed by atoms with Gasteiger partial charge in [-0.15, -0.1) is 0 Å². The summed E-state index contributed by atoms with van der Waals surface area (Å²) in [5.41, 5.74) is 0. The molecule has 0 saturated heterocycles. The monoisotopic (exact) mass is 279 g/mol. The van der Waals surface area contributed by atoms with Gasteiger partial charge in [-0.3, -0.25) is 25.2 Å². The molecule has 0 fully saturated rings. The second kappa shape index (κ2) is 5.60. The molecule has 2 N–H and O–H groups in total. The average molecular weight is 279 g/mol. The summed E-state index contributed by atoms with van der Waals surface area (Å²) in [6.45, 7) is 7.70. The Balaban J connectivity index is 2.17. The smallest absolute Gasteiger partial charge is 0.255 e. The van der Waals surface area contributed by atoms with Crippen molar-refractivity contribution in [2.24, 2.45) is 15.9 Å². The minimum Gasteiger partial charge on any atom is -0.336 e. The predicted molar refractivity (Wildman–Crippen MR) is 76.2 cm³/mol. The number of hydrogen-bond donors (Lipinski definition) is 2. The minimum atomic E-state index is -0.524. The lowest BCUT2D eigenvalue weighted by atomic mass is 10.1. The van der Waals surface area contributed by atoms with Crippen LogP contribution < -0.4 is 10.6 Å². The van der Waals surface area contributed by atoms with Crippen molar-refractivity contribution in [3.8, 4) is 0 Å². The molecule has 7 nitrogen and oxygen atoms in total. The van der Waals surface area contributed by atoms with Crippen molar-refractivity contribution in [2.45, 2.75) is 52.4 Å². The Hall–Kier alpha value is -1.92. The molecule has 0 bridgehead atoms. The first kappa shape index (κ1) is 14.5. The van der Waals surface area contributed by atoms with Gasteiger partial charge < -0.3 is 4.90 Å². The van der Waals surface area contributed by atoms with Gasteiger partial charge in [0.05, 0.1) is 6.34 Å². The van der Waals surface area contributed by atoms with E-state index in [9.17, 15) is 9.59 Å². The Bertz CT molecular complexity index is 471. The van der Waals surface area contributed by atoms with Crippen molar-refractivity contribution in [3.63, 3.8) is 0 Å². The van der Waals surface area contributed by atoms with E-state index in [4.69, 9.17) is 0 Å². The van der Waals surface area contributed by atoms with Crippen LogP contribution in [0, 0.1) is 5.92 Å². The summed E-state index contributed by atoms with van der Waals surface area (Å²) in [6, 6.07) is -0.283. The van der Waals surface area contributed by atoms with E-state index in [1.165, 1.54) is 0 Å². The fourth-order valence-corrected chi connectivity index (χ4v) is 2.06. The van der Waals surface area contributed by atoms with Crippen LogP contribution >= 0.6 is 0 Å². The summed E-state index contributed by atoms with van der Waals surface area (Å²) < 4.78 is 0. The zero-order valence-corrected chi connectivity index (χ0v) is 12.3. The van der Waals surface area contributed by atoms with Crippen molar-refractivity contribution < 1.29 is 9.59 Å². The molecule has 0 spiro atoms. The highest BCUT2D eigenvalue weighted by atomic mass is 16.2. The molecule has 2 amide bonds. The highest BCUT2D eigenvalue weighted by Gasteiger charge is 2.41. The third-order valence-corrected chi connectivity index (χ3v) is 3.59. The van der Waals surface area contributed by atoms with E-state index in [-0.39, 0.29) is 35.9 Å². The second-order valence-electron chi connectivity index (χ2n) is 5.44. The SMILES string of the molecule is CCC(C)N1C=NC2C(=O)NC(NC(=O)C(C)C)=NC21. The maximum atomic E-state index is 12.0. The Labute approximate surface area is 118 Å². The number of aliphatic imine (C=N–C) groups is 2. The van der Waals surface area contributed by atoms with Gasteiger partial charge in [-0.2, -0.15) is 0 Å². The molecule has 2 heterocycles. The molecule has 0 saturated carbocycles. The summed E-state index contributed by atoms with van der Waals surface area (Å²) in [4.78, 5) is 34.3. The quantitative estimate of drug-likeness (QED) is 0.767. The van der Waals surface area contributed by atoms with Gasteiger partial charge in [0.1, 0.15) is 0 Å². The van der Waals surface area contributed by atoms with Crippen LogP contribution in [0.15, 0.2) is 9.98 Å². The number of carbonyl (C=O) groups excluding carboxylic acids is 2. The van der Waals surface area contributed by atoms with Gasteiger partial charge in [0.2, 0.25) is 11.9 Å². The molecule has 0 aromatic carbocycles. The van der Waals surface area contributed by atoms with Crippen molar-refractivity contribution in [1.29, 1.82) is 0 Å². The van der Waals surface area contributed by atoms with E-state index in [1.54, 1.807) is 20.2 Å². The summed E-state index contributed by atoms with van der Waals surface area (Å²) in [5, 5.41) is 5.23. The molecule has 0 aliphatic carbocycles. The van der Waals surface area contributed by atoms with Crippen molar-refractivity contribution in [2.75, 3.05) is 0 Å². The molecule has 2 aliphatic rings. The molecule has 20 heavy (non-hydrogen) atoms. The van der Waals surface area contributed by atoms with Crippen molar-refractivity contribution in [1.82, 2.24) is 15.5 Å². The van der Waals surface area contributed by atoms with Gasteiger partial charge >= 0.3 is 0 Å². The van der Waals surface area contributed by atoms with E-state index >= 15 is 0 Å². The highest BCUT2D eigenvalue weighted by Crippen LogP contribution is 2.21. The van der Waals surface area contributed by atoms with Gasteiger partial charge in [0.15, 0.2) is 12.2 Å². The van der Waals surface area contributed by atoms with Crippen LogP contribution in [0.25, 0.3) is 0 Å². The van der Waals surface area contributed by atoms with Crippen LogP contribution in [-0.4, -0.2) is 47.3 Å². The predicted octanol–water partition coefficient (Wildman–Crippen LogP) is 0.0815. The number of rotatable bonds is 3. The van der Waals surface area contributed by atoms with Crippen LogP contribution in [-0.2, 0) is 9.59 Å². The molecule has 2 rings (SSSR count). The number of amides is 2. The van der Waals surface area contributed by atoms with Gasteiger partial charge in [0.25, 0.3) is 5.91 Å². The largest absolute Gasteiger partial charge is 0.336 e. The summed E-state index contributed by atoms with van der Waals surface area (Å²) in [6.07, 6.45) is 2.25. The van der Waals surface area contributed by atoms with E-state index in [2.05, 4.69) is 34.5 Å². The standard InChI is InChI=1S/C13H21N5O2/c1-5-8(4)18-6-14-9-10(18)15-13(17-12(9)20)16-11(19)7(2)3/h6-10H,5H2,1-4H3,(H2,15,16,17,19,20). The molecule has 0 aromatic heterocycles. The van der Waals surface area contributed by atoms with Gasteiger partial charge in [0, 0.05) is 12.0 Å². The molecule has 3 atom stereocenters. The van der Waals surface area contributed by atoms with Gasteiger partial charge in [-0.25, -0.2) is 4.99 Å². The Morgan fingerprint density at radius 1 is 1.50 bits per heavy atom. The van der Waals surface area contributed by atoms with E-state index in [0.29, 0.717) is 0 Å². The third-order valence-electron chi connectivity index (χ3n) is 3.59. The number of nitrogens with zero attached hydrogens (tertiary/aromatic N) is 3. The van der Waals surface area contributed by atoms with Crippen LogP contribution in [0.2, 0.25) is 0 Å². The average Bonchev–Trinajstić information content (AvgIpc) is 2.82. The van der Waals surface area contributed by atoms with Gasteiger partial charge in [-0.05, 0) is 13.3 Å². The molecule has 3 unspecified atom stereocenters. The van der Waals surface area contributed by atoms with Crippen LogP contribution in [0.4, 0.5) is 0 Å². The first-order valence-corrected chi connectivity index (χ1v) is 6.94. The van der Waals surface area contributed by atoms with E-state index < -0.39 is 6.04 Å². The van der Waals surface area contributed by atoms with E-state index in [0.717, 1.165) is 6.42 Å². The number of nitrogens with one attached hydrogen (secondary N) is 2. The first-order chi connectivity index (χ1) is 9.43. The van der Waals surface area contributed by atoms with Crippen LogP contribution in [0.1, 0.15) is 34.1 Å². The molecule has 0 radical (unpaired) electrons. The topological polar surface area (TPSA) is 86.2 Å².